The van der Waals surface area contributed by atoms with Crippen LogP contribution >= 0.6 is 7.26 Å². The summed E-state index contributed by atoms with van der Waals surface area (Å²) in [6.07, 6.45) is 14.5. The Morgan fingerprint density at radius 3 is 1.47 bits per heavy atom. The van der Waals surface area contributed by atoms with Gasteiger partial charge in [0, 0.05) is 0 Å². The van der Waals surface area contributed by atoms with Crippen molar-refractivity contribution in [1.82, 2.24) is 0 Å². The molecule has 212 valence electrons. The molecule has 2 aliphatic carbocycles. The third-order valence-electron chi connectivity index (χ3n) is 10.5. The zero-order chi connectivity index (χ0) is 27.7. The molecule has 4 rings (SSSR count). The van der Waals surface area contributed by atoms with E-state index in [1.807, 2.05) is 5.30 Å². The predicted octanol–water partition coefficient (Wildman–Crippen LogP) is 11.6. The van der Waals surface area contributed by atoms with Gasteiger partial charge in [0.2, 0.25) is 0 Å². The fourth-order valence-corrected chi connectivity index (χ4v) is 17.3. The normalized spacial score (nSPS) is 19.1. The van der Waals surface area contributed by atoms with Crippen LogP contribution < -0.4 is 5.30 Å². The van der Waals surface area contributed by atoms with Gasteiger partial charge in [-0.2, -0.15) is 0 Å². The fraction of sp³-hybridized carbons (Fsp3) is 0.676. The molecule has 0 N–H and O–H groups in total. The first kappa shape index (κ1) is 29.8. The van der Waals surface area contributed by atoms with E-state index in [0.29, 0.717) is 22.9 Å². The Balaban J connectivity index is 2.09. The summed E-state index contributed by atoms with van der Waals surface area (Å²) in [7, 11) is -1.95. The van der Waals surface area contributed by atoms with Crippen LogP contribution in [0.1, 0.15) is 161 Å². The molecule has 0 aromatic heterocycles. The molecular formula is C37H59P. The van der Waals surface area contributed by atoms with Crippen molar-refractivity contribution in [1.29, 1.82) is 0 Å². The van der Waals surface area contributed by atoms with Gasteiger partial charge in [-0.25, -0.2) is 0 Å². The summed E-state index contributed by atoms with van der Waals surface area (Å²) in [4.78, 5) is 0. The van der Waals surface area contributed by atoms with E-state index < -0.39 is 7.26 Å². The van der Waals surface area contributed by atoms with Gasteiger partial charge >= 0.3 is 238 Å². The van der Waals surface area contributed by atoms with Gasteiger partial charge in [-0.15, -0.1) is 0 Å². The molecular weight excluding hydrogens is 475 g/mol. The van der Waals surface area contributed by atoms with E-state index in [-0.39, 0.29) is 0 Å². The first-order chi connectivity index (χ1) is 18.0. The Bertz CT molecular complexity index is 1010. The molecule has 0 amide bonds. The maximum atomic E-state index is 2.66. The molecule has 0 spiro atoms. The van der Waals surface area contributed by atoms with Gasteiger partial charge in [-0.3, -0.25) is 0 Å². The minimum absolute atomic E-state index is 0.348. The zero-order valence-electron chi connectivity index (χ0n) is 26.4. The van der Waals surface area contributed by atoms with Crippen molar-refractivity contribution in [3.05, 3.63) is 53.1 Å². The number of benzene rings is 2. The van der Waals surface area contributed by atoms with Crippen LogP contribution in [0, 0.1) is 0 Å². The molecule has 0 aliphatic heterocycles. The molecule has 38 heavy (non-hydrogen) atoms. The van der Waals surface area contributed by atoms with Crippen LogP contribution in [0.25, 0.3) is 11.1 Å². The summed E-state index contributed by atoms with van der Waals surface area (Å²) in [6, 6.07) is 15.1. The molecule has 1 heteroatoms. The van der Waals surface area contributed by atoms with E-state index in [0.717, 1.165) is 11.3 Å². The monoisotopic (exact) mass is 534 g/mol. The molecule has 2 saturated carbocycles. The van der Waals surface area contributed by atoms with Crippen LogP contribution in [0.5, 0.6) is 0 Å². The van der Waals surface area contributed by atoms with Gasteiger partial charge in [0.05, 0.1) is 0 Å². The van der Waals surface area contributed by atoms with Gasteiger partial charge in [0.1, 0.15) is 0 Å². The van der Waals surface area contributed by atoms with E-state index in [1.54, 1.807) is 22.3 Å². The Morgan fingerprint density at radius 2 is 1.08 bits per heavy atom. The van der Waals surface area contributed by atoms with Crippen LogP contribution in [-0.4, -0.2) is 16.5 Å². The molecule has 0 heterocycles. The average Bonchev–Trinajstić information content (AvgIpc) is 2.89. The quantitative estimate of drug-likeness (QED) is 0.310. The Kier molecular flexibility index (Phi) is 9.56. The third kappa shape index (κ3) is 5.55. The first-order valence-electron chi connectivity index (χ1n) is 16.3. The van der Waals surface area contributed by atoms with Gasteiger partial charge in [-0.1, -0.05) is 0 Å². The third-order valence-corrected chi connectivity index (χ3v) is 18.1. The van der Waals surface area contributed by atoms with Crippen molar-refractivity contribution < 1.29 is 0 Å². The minimum atomic E-state index is -1.95. The summed E-state index contributed by atoms with van der Waals surface area (Å²) < 4.78 is 0. The summed E-state index contributed by atoms with van der Waals surface area (Å²) in [5.74, 6) is 1.59. The number of rotatable bonds is 7. The Morgan fingerprint density at radius 1 is 0.632 bits per heavy atom. The standard InChI is InChI=1S/C37H59P/c1-26(2)29-24-33(27(3)4)36(34(25-29)28(5)6)32-22-16-17-23-35(32)38(37(7,8)9,30-18-12-10-13-19-30)31-20-14-11-15-21-31/h16-17,22-28,30-31,38H,10-15,18-21H2,1-9H3. The molecule has 0 bridgehead atoms. The van der Waals surface area contributed by atoms with Gasteiger partial charge < -0.3 is 0 Å². The second-order valence-corrected chi connectivity index (χ2v) is 20.3. The first-order valence-corrected chi connectivity index (χ1v) is 18.4. The van der Waals surface area contributed by atoms with Gasteiger partial charge in [0.15, 0.2) is 0 Å². The molecule has 2 fully saturated rings. The molecule has 0 atom stereocenters. The Hall–Kier alpha value is -1.13. The van der Waals surface area contributed by atoms with E-state index in [9.17, 15) is 0 Å². The topological polar surface area (TPSA) is 0 Å². The van der Waals surface area contributed by atoms with Gasteiger partial charge in [0.25, 0.3) is 0 Å². The summed E-state index contributed by atoms with van der Waals surface area (Å²) in [5, 5.41) is 2.17. The summed E-state index contributed by atoms with van der Waals surface area (Å²) >= 11 is 0. The van der Waals surface area contributed by atoms with Crippen molar-refractivity contribution in [2.75, 3.05) is 0 Å². The van der Waals surface area contributed by atoms with E-state index in [2.05, 4.69) is 98.7 Å². The average molecular weight is 535 g/mol. The summed E-state index contributed by atoms with van der Waals surface area (Å²) in [5.41, 5.74) is 9.72. The maximum absolute atomic E-state index is 2.66. The second kappa shape index (κ2) is 12.2. The molecule has 2 aliphatic rings. The van der Waals surface area contributed by atoms with Crippen molar-refractivity contribution >= 4 is 12.6 Å². The molecule has 0 unspecified atom stereocenters. The van der Waals surface area contributed by atoms with Crippen LogP contribution in [0.3, 0.4) is 0 Å². The predicted molar refractivity (Wildman–Crippen MR) is 176 cm³/mol. The van der Waals surface area contributed by atoms with Crippen molar-refractivity contribution in [2.45, 2.75) is 161 Å². The van der Waals surface area contributed by atoms with Crippen molar-refractivity contribution in [3.8, 4) is 11.1 Å². The molecule has 2 aromatic rings. The van der Waals surface area contributed by atoms with Crippen LogP contribution in [-0.2, 0) is 0 Å². The SMILES string of the molecule is CC(C)c1cc(C(C)C)c(-c2ccccc2[PH](C2CCCCC2)(C2CCCCC2)C(C)(C)C)c(C(C)C)c1. The number of hydrogen-bond donors (Lipinski definition) is 0. The molecule has 2 aromatic carbocycles. The zero-order valence-corrected chi connectivity index (χ0v) is 27.4. The van der Waals surface area contributed by atoms with Gasteiger partial charge in [-0.05, 0) is 0 Å². The van der Waals surface area contributed by atoms with E-state index in [1.165, 1.54) is 69.8 Å². The summed E-state index contributed by atoms with van der Waals surface area (Å²) in [6.45, 7) is 22.4. The van der Waals surface area contributed by atoms with Crippen molar-refractivity contribution in [3.63, 3.8) is 0 Å². The second-order valence-electron chi connectivity index (χ2n) is 14.9. The van der Waals surface area contributed by atoms with Crippen LogP contribution in [0.4, 0.5) is 0 Å². The van der Waals surface area contributed by atoms with E-state index >= 15 is 0 Å². The molecule has 0 radical (unpaired) electrons. The molecule has 0 nitrogen and oxygen atoms in total. The number of hydrogen-bond acceptors (Lipinski definition) is 0. The van der Waals surface area contributed by atoms with Crippen LogP contribution in [0.2, 0.25) is 0 Å². The van der Waals surface area contributed by atoms with E-state index in [4.69, 9.17) is 0 Å². The van der Waals surface area contributed by atoms with Crippen molar-refractivity contribution in [2.24, 2.45) is 0 Å². The Labute approximate surface area is 237 Å². The molecule has 0 saturated heterocycles. The fourth-order valence-electron chi connectivity index (χ4n) is 8.85. The van der Waals surface area contributed by atoms with Crippen LogP contribution in [0.15, 0.2) is 36.4 Å².